The number of aliphatic hydroxyl groups is 1. The predicted octanol–water partition coefficient (Wildman–Crippen LogP) is 5.48. The highest BCUT2D eigenvalue weighted by atomic mass is 16.7. The smallest absolute Gasteiger partial charge is 0.306 e. The monoisotopic (exact) mass is 697 g/mol. The molecule has 0 aromatic heterocycles. The summed E-state index contributed by atoms with van der Waals surface area (Å²) >= 11 is 0. The molecule has 1 aromatic carbocycles. The molecule has 0 radical (unpaired) electrons. The van der Waals surface area contributed by atoms with E-state index in [1.54, 1.807) is 6.92 Å². The average molecular weight is 698 g/mol. The number of nitro groups is 1. The van der Waals surface area contributed by atoms with Crippen LogP contribution in [0.1, 0.15) is 115 Å². The first-order valence-electron chi connectivity index (χ1n) is 18.5. The molecule has 10 atom stereocenters. The summed E-state index contributed by atoms with van der Waals surface area (Å²) < 4.78 is 5.49. The maximum atomic E-state index is 12.8. The lowest BCUT2D eigenvalue weighted by Gasteiger charge is -2.62. The summed E-state index contributed by atoms with van der Waals surface area (Å²) in [6, 6.07) is 4.18. The highest BCUT2D eigenvalue weighted by Gasteiger charge is 2.63. The third kappa shape index (κ3) is 7.67. The van der Waals surface area contributed by atoms with Crippen LogP contribution in [0.25, 0.3) is 0 Å². The van der Waals surface area contributed by atoms with Gasteiger partial charge >= 0.3 is 5.97 Å². The Morgan fingerprint density at radius 1 is 1.06 bits per heavy atom. The van der Waals surface area contributed by atoms with E-state index in [-0.39, 0.29) is 71.3 Å². The van der Waals surface area contributed by atoms with E-state index in [2.05, 4.69) is 31.6 Å². The largest absolute Gasteiger partial charge is 0.461 e. The number of nitrogens with one attached hydrogen (secondary N) is 2. The third-order valence-corrected chi connectivity index (χ3v) is 13.3. The van der Waals surface area contributed by atoms with Crippen molar-refractivity contribution in [2.45, 2.75) is 118 Å². The third-order valence-electron chi connectivity index (χ3n) is 13.3. The zero-order valence-electron chi connectivity index (χ0n) is 30.2. The minimum absolute atomic E-state index is 0.0525. The van der Waals surface area contributed by atoms with Crippen LogP contribution in [-0.4, -0.2) is 58.8 Å². The molecule has 4 aliphatic rings. The number of hydroxylamine groups is 1. The van der Waals surface area contributed by atoms with Gasteiger partial charge in [0, 0.05) is 31.5 Å². The number of ether oxygens (including phenoxy) is 1. The van der Waals surface area contributed by atoms with E-state index < -0.39 is 28.4 Å². The van der Waals surface area contributed by atoms with Crippen LogP contribution in [0.15, 0.2) is 18.2 Å². The molecule has 4 saturated carbocycles. The van der Waals surface area contributed by atoms with Gasteiger partial charge in [0.25, 0.3) is 11.6 Å². The number of esters is 1. The molecular weight excluding hydrogens is 642 g/mol. The van der Waals surface area contributed by atoms with Crippen molar-refractivity contribution in [1.29, 1.82) is 0 Å². The van der Waals surface area contributed by atoms with Gasteiger partial charge in [-0.3, -0.25) is 34.1 Å². The fourth-order valence-electron chi connectivity index (χ4n) is 10.7. The summed E-state index contributed by atoms with van der Waals surface area (Å²) in [6.07, 6.45) is 8.21. The minimum atomic E-state index is -0.564. The van der Waals surface area contributed by atoms with E-state index in [1.807, 2.05) is 0 Å². The van der Waals surface area contributed by atoms with E-state index in [0.717, 1.165) is 51.4 Å². The highest BCUT2D eigenvalue weighted by molar-refractivity contribution is 6.37. The van der Waals surface area contributed by atoms with Gasteiger partial charge in [-0.25, -0.2) is 0 Å². The summed E-state index contributed by atoms with van der Waals surface area (Å²) in [4.78, 5) is 64.9. The number of fused-ring (bicyclic) bond motifs is 5. The Labute approximate surface area is 294 Å². The van der Waals surface area contributed by atoms with E-state index in [0.29, 0.717) is 36.6 Å². The van der Waals surface area contributed by atoms with Gasteiger partial charge in [-0.05, 0) is 123 Å². The van der Waals surface area contributed by atoms with Crippen LogP contribution in [-0.2, 0) is 30.6 Å². The molecule has 50 heavy (non-hydrogen) atoms. The number of rotatable bonds is 14. The van der Waals surface area contributed by atoms with Crippen molar-refractivity contribution in [2.75, 3.05) is 13.1 Å². The number of hydrogen-bond acceptors (Lipinski definition) is 10. The van der Waals surface area contributed by atoms with Crippen LogP contribution in [0.5, 0.6) is 0 Å². The number of nitro benzene ring substituents is 1. The van der Waals surface area contributed by atoms with Crippen LogP contribution in [0.4, 0.5) is 5.69 Å². The number of hydrogen-bond donors (Lipinski definition) is 3. The molecule has 4 fully saturated rings. The van der Waals surface area contributed by atoms with Gasteiger partial charge in [0.1, 0.15) is 6.61 Å². The Morgan fingerprint density at radius 2 is 1.78 bits per heavy atom. The van der Waals surface area contributed by atoms with Crippen molar-refractivity contribution in [1.82, 2.24) is 10.8 Å². The number of Topliss-reactive ketones (excluding diaryl/α,β-unsaturated/α-hetero) is 2. The molecule has 0 saturated heterocycles. The van der Waals surface area contributed by atoms with Gasteiger partial charge in [-0.15, -0.1) is 0 Å². The molecule has 1 aromatic rings. The second kappa shape index (κ2) is 15.6. The first-order valence-corrected chi connectivity index (χ1v) is 18.5. The molecule has 0 bridgehead atoms. The summed E-state index contributed by atoms with van der Waals surface area (Å²) in [6.45, 7) is 10.1. The number of ketones is 2. The lowest BCUT2D eigenvalue weighted by Crippen LogP contribution is -2.59. The lowest BCUT2D eigenvalue weighted by molar-refractivity contribution is -0.385. The van der Waals surface area contributed by atoms with Crippen molar-refractivity contribution >= 4 is 29.1 Å². The first-order chi connectivity index (χ1) is 23.7. The lowest BCUT2D eigenvalue weighted by atomic mass is 9.43. The van der Waals surface area contributed by atoms with Crippen molar-refractivity contribution in [3.05, 3.63) is 39.4 Å². The number of carbonyl (C=O) groups excluding carboxylic acids is 4. The molecule has 5 rings (SSSR count). The topological polar surface area (TPSA) is 174 Å². The van der Waals surface area contributed by atoms with Crippen LogP contribution in [0, 0.1) is 56.5 Å². The van der Waals surface area contributed by atoms with Gasteiger partial charge in [-0.1, -0.05) is 20.8 Å². The van der Waals surface area contributed by atoms with Crippen LogP contribution in [0.3, 0.4) is 0 Å². The molecule has 3 N–H and O–H groups in total. The van der Waals surface area contributed by atoms with Gasteiger partial charge in [0.05, 0.1) is 29.2 Å². The van der Waals surface area contributed by atoms with Crippen molar-refractivity contribution in [2.24, 2.45) is 46.3 Å². The molecule has 1 amide bonds. The Balaban J connectivity index is 1.15. The molecular formula is C38H55N3O9. The summed E-state index contributed by atoms with van der Waals surface area (Å²) in [5.41, 5.74) is 3.08. The molecule has 12 heteroatoms. The molecule has 0 aliphatic heterocycles. The average Bonchev–Trinajstić information content (AvgIpc) is 3.43. The Kier molecular flexibility index (Phi) is 11.8. The minimum Gasteiger partial charge on any atom is -0.461 e. The van der Waals surface area contributed by atoms with Crippen molar-refractivity contribution in [3.63, 3.8) is 0 Å². The number of aliphatic hydroxyl groups excluding tert-OH is 1. The molecule has 5 unspecified atom stereocenters. The van der Waals surface area contributed by atoms with Crippen LogP contribution in [0.2, 0.25) is 0 Å². The van der Waals surface area contributed by atoms with E-state index in [1.165, 1.54) is 25.1 Å². The predicted molar refractivity (Wildman–Crippen MR) is 184 cm³/mol. The van der Waals surface area contributed by atoms with Crippen LogP contribution >= 0.6 is 0 Å². The van der Waals surface area contributed by atoms with E-state index in [4.69, 9.17) is 9.57 Å². The van der Waals surface area contributed by atoms with Gasteiger partial charge in [0.2, 0.25) is 5.78 Å². The van der Waals surface area contributed by atoms with Gasteiger partial charge in [0.15, 0.2) is 5.78 Å². The quantitative estimate of drug-likeness (QED) is 0.0977. The van der Waals surface area contributed by atoms with E-state index >= 15 is 0 Å². The van der Waals surface area contributed by atoms with Gasteiger partial charge < -0.3 is 15.2 Å². The zero-order chi connectivity index (χ0) is 36.4. The molecule has 0 spiro atoms. The second-order valence-corrected chi connectivity index (χ2v) is 16.0. The van der Waals surface area contributed by atoms with Crippen LogP contribution < -0.4 is 10.8 Å². The number of amides is 1. The summed E-state index contributed by atoms with van der Waals surface area (Å²) in [5, 5.41) is 26.0. The van der Waals surface area contributed by atoms with Crippen molar-refractivity contribution in [3.8, 4) is 0 Å². The number of carbonyl (C=O) groups is 4. The highest BCUT2D eigenvalue weighted by Crippen LogP contribution is 2.68. The molecule has 0 heterocycles. The fourth-order valence-corrected chi connectivity index (χ4v) is 10.7. The zero-order valence-corrected chi connectivity index (χ0v) is 30.2. The Hall–Kier alpha value is -3.22. The SMILES string of the molecule is CCNC(=O)c1ccc(COC(=O)CC[C@H](C)C2CCC3C4C(O)C[C@@H]5C[C@H](ONCC(=O)C(C)=O)CC[C@]5(C)C4CC[C@@]32C)c([N+](=O)[O-])c1. The Bertz CT molecular complexity index is 1470. The van der Waals surface area contributed by atoms with Crippen molar-refractivity contribution < 1.29 is 38.8 Å². The molecule has 276 valence electrons. The fraction of sp³-hybridized carbons (Fsp3) is 0.737. The standard InChI is InChI=1S/C38H55N3O9/c1-6-39-36(46)24-8-9-25(31(17-24)41(47)48)21-49-34(45)12-7-22(2)28-10-11-29-35-30(14-16-38(28,29)5)37(4)15-13-27(18-26(37)19-32(35)43)50-40-20-33(44)23(3)42/h8-9,17,22,26-30,32,35,40,43H,6-7,10-16,18-21H2,1-5H3,(H,39,46)/t22-,26-,27+,28?,29?,30?,32?,35?,37-,38+/m0/s1. The maximum absolute atomic E-state index is 12.8. The summed E-state index contributed by atoms with van der Waals surface area (Å²) in [7, 11) is 0. The van der Waals surface area contributed by atoms with E-state index in [9.17, 15) is 34.4 Å². The molecule has 12 nitrogen and oxygen atoms in total. The number of benzene rings is 1. The summed E-state index contributed by atoms with van der Waals surface area (Å²) in [5.74, 6) is 0.352. The Morgan fingerprint density at radius 3 is 2.48 bits per heavy atom. The second-order valence-electron chi connectivity index (χ2n) is 16.0. The molecule has 4 aliphatic carbocycles. The normalized spacial score (nSPS) is 33.7. The maximum Gasteiger partial charge on any atom is 0.306 e. The van der Waals surface area contributed by atoms with Gasteiger partial charge in [-0.2, -0.15) is 5.48 Å². The first kappa shape index (κ1) is 38.0. The number of nitrogens with zero attached hydrogens (tertiary/aromatic N) is 1.